The van der Waals surface area contributed by atoms with E-state index in [1.54, 1.807) is 7.05 Å². The molecule has 6 nitrogen and oxygen atoms in total. The molecule has 0 unspecified atom stereocenters. The molecule has 24 heavy (non-hydrogen) atoms. The van der Waals surface area contributed by atoms with Crippen molar-refractivity contribution in [2.24, 2.45) is 9.98 Å². The largest absolute Gasteiger partial charge is 0.493 e. The molecule has 0 aromatic heterocycles. The third-order valence-electron chi connectivity index (χ3n) is 4.29. The quantitative estimate of drug-likeness (QED) is 0.642. The molecule has 0 spiro atoms. The second kappa shape index (κ2) is 9.39. The van der Waals surface area contributed by atoms with E-state index in [0.29, 0.717) is 12.6 Å². The van der Waals surface area contributed by atoms with Gasteiger partial charge < -0.3 is 15.0 Å². The molecule has 1 fully saturated rings. The smallest absolute Gasteiger partial charge is 0.221 e. The molecule has 0 atom stereocenters. The molecule has 1 N–H and O–H groups in total. The van der Waals surface area contributed by atoms with Gasteiger partial charge in [0, 0.05) is 57.1 Å². The highest BCUT2D eigenvalue weighted by Crippen LogP contribution is 2.25. The molecule has 132 valence electrons. The van der Waals surface area contributed by atoms with Crippen molar-refractivity contribution in [3.63, 3.8) is 0 Å². The second-order valence-corrected chi connectivity index (χ2v) is 5.80. The summed E-state index contributed by atoms with van der Waals surface area (Å²) in [6.07, 6.45) is 0. The van der Waals surface area contributed by atoms with Crippen molar-refractivity contribution in [1.82, 2.24) is 9.80 Å². The molecule has 0 saturated carbocycles. The molecule has 0 radical (unpaired) electrons. The number of likely N-dealkylation sites (N-methyl/N-ethyl adjacent to an activating group) is 1. The number of nitrogens with zero attached hydrogens (tertiary/aromatic N) is 4. The summed E-state index contributed by atoms with van der Waals surface area (Å²) in [6.45, 7) is 14.9. The molecule has 1 saturated heterocycles. The predicted molar refractivity (Wildman–Crippen MR) is 102 cm³/mol. The lowest BCUT2D eigenvalue weighted by molar-refractivity contribution is 0.131. The summed E-state index contributed by atoms with van der Waals surface area (Å²) in [5, 5.41) is 3.14. The zero-order valence-electron chi connectivity index (χ0n) is 15.1. The SMILES string of the molecule is C=N/C(=N\C)Nc1ccc(CN2CCN(CC)CC2)c(OCC)c1. The maximum atomic E-state index is 5.85. The van der Waals surface area contributed by atoms with Gasteiger partial charge in [0.05, 0.1) is 6.61 Å². The van der Waals surface area contributed by atoms with Gasteiger partial charge in [-0.05, 0) is 26.3 Å². The zero-order chi connectivity index (χ0) is 17.4. The first-order chi connectivity index (χ1) is 11.7. The van der Waals surface area contributed by atoms with E-state index in [1.165, 1.54) is 5.56 Å². The molecule has 1 aliphatic rings. The van der Waals surface area contributed by atoms with Crippen molar-refractivity contribution in [1.29, 1.82) is 0 Å². The maximum absolute atomic E-state index is 5.85. The molecule has 1 aliphatic heterocycles. The molecule has 2 rings (SSSR count). The van der Waals surface area contributed by atoms with Crippen LogP contribution in [0.25, 0.3) is 0 Å². The van der Waals surface area contributed by atoms with Gasteiger partial charge in [-0.2, -0.15) is 0 Å². The van der Waals surface area contributed by atoms with Crippen LogP contribution in [0.3, 0.4) is 0 Å². The molecular formula is C18H29N5O. The van der Waals surface area contributed by atoms with E-state index in [9.17, 15) is 0 Å². The summed E-state index contributed by atoms with van der Waals surface area (Å²) in [7, 11) is 1.69. The van der Waals surface area contributed by atoms with Crippen LogP contribution in [0.5, 0.6) is 5.75 Å². The van der Waals surface area contributed by atoms with Gasteiger partial charge in [-0.1, -0.05) is 13.0 Å². The lowest BCUT2D eigenvalue weighted by atomic mass is 10.1. The average Bonchev–Trinajstić information content (AvgIpc) is 2.62. The highest BCUT2D eigenvalue weighted by atomic mass is 16.5. The van der Waals surface area contributed by atoms with E-state index in [2.05, 4.69) is 44.8 Å². The van der Waals surface area contributed by atoms with Crippen molar-refractivity contribution in [2.75, 3.05) is 51.7 Å². The predicted octanol–water partition coefficient (Wildman–Crippen LogP) is 2.32. The first-order valence-electron chi connectivity index (χ1n) is 8.61. The van der Waals surface area contributed by atoms with Crippen LogP contribution in [-0.2, 0) is 6.54 Å². The van der Waals surface area contributed by atoms with Crippen LogP contribution in [-0.4, -0.2) is 68.9 Å². The van der Waals surface area contributed by atoms with Gasteiger partial charge in [-0.25, -0.2) is 4.99 Å². The number of rotatable bonds is 6. The van der Waals surface area contributed by atoms with Gasteiger partial charge in [0.25, 0.3) is 0 Å². The van der Waals surface area contributed by atoms with Crippen LogP contribution in [0.1, 0.15) is 19.4 Å². The highest BCUT2D eigenvalue weighted by Gasteiger charge is 2.17. The van der Waals surface area contributed by atoms with Crippen molar-refractivity contribution >= 4 is 18.4 Å². The molecule has 0 amide bonds. The zero-order valence-corrected chi connectivity index (χ0v) is 15.1. The van der Waals surface area contributed by atoms with E-state index in [0.717, 1.165) is 50.7 Å². The highest BCUT2D eigenvalue weighted by molar-refractivity contribution is 5.96. The normalized spacial score (nSPS) is 16.9. The summed E-state index contributed by atoms with van der Waals surface area (Å²) >= 11 is 0. The molecule has 6 heteroatoms. The number of hydrogen-bond donors (Lipinski definition) is 1. The van der Waals surface area contributed by atoms with Crippen molar-refractivity contribution < 1.29 is 4.74 Å². The molecule has 1 heterocycles. The van der Waals surface area contributed by atoms with E-state index in [4.69, 9.17) is 4.74 Å². The van der Waals surface area contributed by atoms with Crippen molar-refractivity contribution in [3.8, 4) is 5.75 Å². The Morgan fingerprint density at radius 1 is 1.21 bits per heavy atom. The minimum absolute atomic E-state index is 0.501. The second-order valence-electron chi connectivity index (χ2n) is 5.80. The Morgan fingerprint density at radius 2 is 1.92 bits per heavy atom. The van der Waals surface area contributed by atoms with Crippen LogP contribution >= 0.6 is 0 Å². The molecule has 0 bridgehead atoms. The van der Waals surface area contributed by atoms with Crippen LogP contribution < -0.4 is 10.1 Å². The summed E-state index contributed by atoms with van der Waals surface area (Å²) in [6, 6.07) is 6.17. The number of benzene rings is 1. The van der Waals surface area contributed by atoms with Crippen molar-refractivity contribution in [3.05, 3.63) is 23.8 Å². The molecule has 1 aromatic carbocycles. The maximum Gasteiger partial charge on any atom is 0.221 e. The first kappa shape index (κ1) is 18.4. The number of piperazine rings is 1. The molecule has 0 aliphatic carbocycles. The van der Waals surface area contributed by atoms with Gasteiger partial charge in [-0.15, -0.1) is 0 Å². The van der Waals surface area contributed by atoms with Crippen LogP contribution in [0.15, 0.2) is 28.2 Å². The van der Waals surface area contributed by atoms with E-state index in [-0.39, 0.29) is 0 Å². The summed E-state index contributed by atoms with van der Waals surface area (Å²) in [5.41, 5.74) is 2.12. The fourth-order valence-corrected chi connectivity index (χ4v) is 2.85. The Morgan fingerprint density at radius 3 is 2.50 bits per heavy atom. The molecular weight excluding hydrogens is 302 g/mol. The van der Waals surface area contributed by atoms with Gasteiger partial charge in [-0.3, -0.25) is 9.89 Å². The minimum atomic E-state index is 0.501. The van der Waals surface area contributed by atoms with Crippen LogP contribution in [0.4, 0.5) is 5.69 Å². The lowest BCUT2D eigenvalue weighted by Gasteiger charge is -2.34. The Bertz CT molecular complexity index is 565. The number of nitrogens with one attached hydrogen (secondary N) is 1. The average molecular weight is 331 g/mol. The van der Waals surface area contributed by atoms with Gasteiger partial charge in [0.1, 0.15) is 5.75 Å². The Balaban J connectivity index is 2.07. The Labute approximate surface area is 145 Å². The standard InChI is InChI=1S/C18H29N5O/c1-5-22-9-11-23(12-10-22)14-15-7-8-16(13-17(15)24-6-2)21-18(19-3)20-4/h7-8,13H,3,5-6,9-12,14H2,1-2,4H3,(H,20,21). The molecule has 1 aromatic rings. The fraction of sp³-hybridized carbons (Fsp3) is 0.556. The number of aliphatic imine (C=N–C) groups is 2. The topological polar surface area (TPSA) is 52.5 Å². The summed E-state index contributed by atoms with van der Waals surface area (Å²) < 4.78 is 5.85. The third kappa shape index (κ3) is 5.04. The third-order valence-corrected chi connectivity index (χ3v) is 4.29. The minimum Gasteiger partial charge on any atom is -0.493 e. The number of ether oxygens (including phenoxy) is 1. The van der Waals surface area contributed by atoms with E-state index >= 15 is 0 Å². The number of hydrogen-bond acceptors (Lipinski definition) is 4. The van der Waals surface area contributed by atoms with Crippen LogP contribution in [0, 0.1) is 0 Å². The number of guanidine groups is 1. The van der Waals surface area contributed by atoms with Crippen molar-refractivity contribution in [2.45, 2.75) is 20.4 Å². The Hall–Kier alpha value is -1.92. The number of anilines is 1. The monoisotopic (exact) mass is 331 g/mol. The first-order valence-corrected chi connectivity index (χ1v) is 8.61. The summed E-state index contributed by atoms with van der Waals surface area (Å²) in [5.74, 6) is 1.42. The van der Waals surface area contributed by atoms with E-state index < -0.39 is 0 Å². The fourth-order valence-electron chi connectivity index (χ4n) is 2.85. The lowest BCUT2D eigenvalue weighted by Crippen LogP contribution is -2.45. The Kier molecular flexibility index (Phi) is 7.21. The van der Waals surface area contributed by atoms with Gasteiger partial charge in [0.2, 0.25) is 5.96 Å². The van der Waals surface area contributed by atoms with Gasteiger partial charge >= 0.3 is 0 Å². The van der Waals surface area contributed by atoms with E-state index in [1.807, 2.05) is 19.1 Å². The summed E-state index contributed by atoms with van der Waals surface area (Å²) in [4.78, 5) is 12.8. The van der Waals surface area contributed by atoms with Crippen LogP contribution in [0.2, 0.25) is 0 Å². The van der Waals surface area contributed by atoms with Gasteiger partial charge in [0.15, 0.2) is 0 Å².